The summed E-state index contributed by atoms with van der Waals surface area (Å²) in [6.45, 7) is 0. The minimum absolute atomic E-state index is 0.703. The second kappa shape index (κ2) is 12.4. The maximum absolute atomic E-state index is 5.21. The van der Waals surface area contributed by atoms with Crippen molar-refractivity contribution >= 4 is 32.3 Å². The number of fused-ring (bicyclic) bond motifs is 2. The van der Waals surface area contributed by atoms with Crippen LogP contribution < -0.4 is 0 Å². The molecule has 0 aliphatic carbocycles. The van der Waals surface area contributed by atoms with Crippen LogP contribution in [0.2, 0.25) is 0 Å². The van der Waals surface area contributed by atoms with Crippen LogP contribution in [-0.4, -0.2) is 15.0 Å². The summed E-state index contributed by atoms with van der Waals surface area (Å²) < 4.78 is 1.18. The summed E-state index contributed by atoms with van der Waals surface area (Å²) in [5.41, 5.74) is 11.8. The third-order valence-electron chi connectivity index (χ3n) is 8.97. The summed E-state index contributed by atoms with van der Waals surface area (Å²) >= 11 is 1.74. The molecule has 4 heteroatoms. The lowest BCUT2D eigenvalue weighted by molar-refractivity contribution is 1.18. The number of nitrogens with zero attached hydrogens (tertiary/aromatic N) is 3. The van der Waals surface area contributed by atoms with Gasteiger partial charge in [-0.1, -0.05) is 158 Å². The molecule has 0 fully saturated rings. The minimum Gasteiger partial charge on any atom is -0.236 e. The van der Waals surface area contributed by atoms with E-state index in [0.717, 1.165) is 55.1 Å². The molecule has 3 nitrogen and oxygen atoms in total. The van der Waals surface area contributed by atoms with Crippen LogP contribution in [-0.2, 0) is 0 Å². The molecule has 0 aliphatic heterocycles. The number of hydrogen-bond acceptors (Lipinski definition) is 4. The molecule has 9 aromatic rings. The molecule has 2 aromatic heterocycles. The largest absolute Gasteiger partial charge is 0.236 e. The van der Waals surface area contributed by atoms with Crippen molar-refractivity contribution < 1.29 is 0 Å². The summed E-state index contributed by atoms with van der Waals surface area (Å²) in [5.74, 6) is 0.703. The van der Waals surface area contributed by atoms with Crippen molar-refractivity contribution in [3.63, 3.8) is 0 Å². The Morgan fingerprint density at radius 3 is 1.59 bits per heavy atom. The molecule has 0 N–H and O–H groups in total. The van der Waals surface area contributed by atoms with Gasteiger partial charge in [-0.25, -0.2) is 15.0 Å². The van der Waals surface area contributed by atoms with E-state index >= 15 is 0 Å². The highest BCUT2D eigenvalue weighted by molar-refractivity contribution is 7.21. The predicted octanol–water partition coefficient (Wildman–Crippen LogP) is 12.2. The van der Waals surface area contributed by atoms with Crippen molar-refractivity contribution in [1.29, 1.82) is 0 Å². The SMILES string of the molecule is c1ccc(-c2ccc(-c3nc(-c4ccccc4)cc(-c4ccc(-c5ccc6nc(-c7ccccc7)sc6c5)c5ccccc45)n3)cc2)cc1. The standard InChI is InChI=1S/C45H29N3S/c1-4-12-30(13-5-1)31-20-22-33(23-21-31)44-46-41(32-14-6-2-7-15-32)29-42(47-44)39-26-25-36(37-18-10-11-19-38(37)39)35-24-27-40-43(28-35)49-45(48-40)34-16-8-3-9-17-34/h1-29H. The fourth-order valence-corrected chi connectivity index (χ4v) is 7.49. The number of hydrogen-bond donors (Lipinski definition) is 0. The molecule has 0 aliphatic rings. The van der Waals surface area contributed by atoms with E-state index in [0.29, 0.717) is 5.82 Å². The lowest BCUT2D eigenvalue weighted by Gasteiger charge is -2.14. The van der Waals surface area contributed by atoms with Gasteiger partial charge < -0.3 is 0 Å². The molecule has 0 unspecified atom stereocenters. The van der Waals surface area contributed by atoms with E-state index in [1.165, 1.54) is 26.8 Å². The van der Waals surface area contributed by atoms with Crippen LogP contribution in [0.4, 0.5) is 0 Å². The monoisotopic (exact) mass is 643 g/mol. The maximum atomic E-state index is 5.21. The van der Waals surface area contributed by atoms with Gasteiger partial charge in [-0.3, -0.25) is 0 Å². The first kappa shape index (κ1) is 29.0. The highest BCUT2D eigenvalue weighted by Gasteiger charge is 2.16. The second-order valence-corrected chi connectivity index (χ2v) is 13.1. The average molecular weight is 644 g/mol. The van der Waals surface area contributed by atoms with Gasteiger partial charge in [0.1, 0.15) is 5.01 Å². The van der Waals surface area contributed by atoms with Gasteiger partial charge in [0, 0.05) is 22.3 Å². The van der Waals surface area contributed by atoms with Gasteiger partial charge in [-0.05, 0) is 51.2 Å². The van der Waals surface area contributed by atoms with Crippen LogP contribution in [0.25, 0.3) is 87.7 Å². The van der Waals surface area contributed by atoms with Crippen molar-refractivity contribution in [2.45, 2.75) is 0 Å². The Labute approximate surface area is 288 Å². The molecule has 230 valence electrons. The van der Waals surface area contributed by atoms with E-state index in [1.807, 2.05) is 18.2 Å². The maximum Gasteiger partial charge on any atom is 0.160 e. The smallest absolute Gasteiger partial charge is 0.160 e. The molecule has 0 bridgehead atoms. The van der Waals surface area contributed by atoms with Crippen LogP contribution >= 0.6 is 11.3 Å². The summed E-state index contributed by atoms with van der Waals surface area (Å²) in [6.07, 6.45) is 0. The van der Waals surface area contributed by atoms with Gasteiger partial charge in [0.15, 0.2) is 5.82 Å². The van der Waals surface area contributed by atoms with Crippen LogP contribution in [0.3, 0.4) is 0 Å². The molecule has 0 spiro atoms. The Balaban J connectivity index is 1.16. The molecule has 7 aromatic carbocycles. The van der Waals surface area contributed by atoms with Crippen LogP contribution in [0.1, 0.15) is 0 Å². The first-order valence-electron chi connectivity index (χ1n) is 16.4. The van der Waals surface area contributed by atoms with Gasteiger partial charge in [-0.15, -0.1) is 11.3 Å². The lowest BCUT2D eigenvalue weighted by atomic mass is 9.93. The molecule has 0 radical (unpaired) electrons. The number of benzene rings is 7. The third-order valence-corrected chi connectivity index (χ3v) is 10.0. The van der Waals surface area contributed by atoms with Gasteiger partial charge in [0.25, 0.3) is 0 Å². The quantitative estimate of drug-likeness (QED) is 0.181. The van der Waals surface area contributed by atoms with Gasteiger partial charge in [0.2, 0.25) is 0 Å². The third kappa shape index (κ3) is 5.58. The van der Waals surface area contributed by atoms with E-state index in [1.54, 1.807) is 11.3 Å². The number of thiazole rings is 1. The molecular weight excluding hydrogens is 615 g/mol. The lowest BCUT2D eigenvalue weighted by Crippen LogP contribution is -1.97. The highest BCUT2D eigenvalue weighted by atomic mass is 32.1. The Morgan fingerprint density at radius 1 is 0.347 bits per heavy atom. The van der Waals surface area contributed by atoms with E-state index < -0.39 is 0 Å². The summed E-state index contributed by atoms with van der Waals surface area (Å²) in [5, 5.41) is 3.37. The normalized spacial score (nSPS) is 11.3. The zero-order valence-electron chi connectivity index (χ0n) is 26.5. The molecule has 0 atom stereocenters. The van der Waals surface area contributed by atoms with E-state index in [9.17, 15) is 0 Å². The zero-order chi connectivity index (χ0) is 32.6. The minimum atomic E-state index is 0.703. The fraction of sp³-hybridized carbons (Fsp3) is 0. The van der Waals surface area contributed by atoms with E-state index in [2.05, 4.69) is 158 Å². The molecule has 0 saturated carbocycles. The average Bonchev–Trinajstić information content (AvgIpc) is 3.62. The Bertz CT molecular complexity index is 2580. The van der Waals surface area contributed by atoms with E-state index in [-0.39, 0.29) is 0 Å². The van der Waals surface area contributed by atoms with Crippen molar-refractivity contribution in [1.82, 2.24) is 15.0 Å². The van der Waals surface area contributed by atoms with Crippen molar-refractivity contribution in [2.75, 3.05) is 0 Å². The van der Waals surface area contributed by atoms with Crippen LogP contribution in [0.15, 0.2) is 176 Å². The summed E-state index contributed by atoms with van der Waals surface area (Å²) in [6, 6.07) is 61.5. The first-order valence-corrected chi connectivity index (χ1v) is 17.2. The predicted molar refractivity (Wildman–Crippen MR) is 205 cm³/mol. The molecule has 9 rings (SSSR count). The Kier molecular flexibility index (Phi) is 7.34. The van der Waals surface area contributed by atoms with Crippen molar-refractivity contribution in [2.24, 2.45) is 0 Å². The second-order valence-electron chi connectivity index (χ2n) is 12.0. The van der Waals surface area contributed by atoms with Gasteiger partial charge in [0.05, 0.1) is 21.6 Å². The Hall–Kier alpha value is -6.23. The first-order chi connectivity index (χ1) is 24.3. The molecule has 49 heavy (non-hydrogen) atoms. The zero-order valence-corrected chi connectivity index (χ0v) is 27.3. The van der Waals surface area contributed by atoms with Crippen LogP contribution in [0.5, 0.6) is 0 Å². The summed E-state index contributed by atoms with van der Waals surface area (Å²) in [4.78, 5) is 15.2. The van der Waals surface area contributed by atoms with Gasteiger partial charge in [-0.2, -0.15) is 0 Å². The van der Waals surface area contributed by atoms with Crippen molar-refractivity contribution in [3.05, 3.63) is 176 Å². The molecular formula is C45H29N3S. The topological polar surface area (TPSA) is 38.7 Å². The molecule has 0 amide bonds. The molecule has 0 saturated heterocycles. The van der Waals surface area contributed by atoms with Gasteiger partial charge >= 0.3 is 0 Å². The summed E-state index contributed by atoms with van der Waals surface area (Å²) in [7, 11) is 0. The number of aromatic nitrogens is 3. The van der Waals surface area contributed by atoms with E-state index in [4.69, 9.17) is 15.0 Å². The van der Waals surface area contributed by atoms with Crippen molar-refractivity contribution in [3.8, 4) is 66.7 Å². The molecule has 2 heterocycles. The fourth-order valence-electron chi connectivity index (χ4n) is 6.48. The Morgan fingerprint density at radius 2 is 0.878 bits per heavy atom. The van der Waals surface area contributed by atoms with Crippen LogP contribution in [0, 0.1) is 0 Å². The number of rotatable bonds is 6. The highest BCUT2D eigenvalue weighted by Crippen LogP contribution is 2.39.